The summed E-state index contributed by atoms with van der Waals surface area (Å²) in [5, 5.41) is 8.07. The van der Waals surface area contributed by atoms with Crippen LogP contribution in [0.1, 0.15) is 17.5 Å². The summed E-state index contributed by atoms with van der Waals surface area (Å²) in [5.74, 6) is 0.357. The van der Waals surface area contributed by atoms with Crippen molar-refractivity contribution in [3.63, 3.8) is 0 Å². The van der Waals surface area contributed by atoms with Crippen LogP contribution in [0.25, 0.3) is 11.3 Å². The Morgan fingerprint density at radius 2 is 2.11 bits per heavy atom. The van der Waals surface area contributed by atoms with Crippen LogP contribution in [0.3, 0.4) is 0 Å². The minimum Gasteiger partial charge on any atom is -0.484 e. The van der Waals surface area contributed by atoms with Gasteiger partial charge in [0.15, 0.2) is 11.7 Å². The summed E-state index contributed by atoms with van der Waals surface area (Å²) in [6.45, 7) is 1.93. The van der Waals surface area contributed by atoms with E-state index in [9.17, 15) is 9.59 Å². The minimum atomic E-state index is -0.267. The Bertz CT molecular complexity index is 1040. The molecule has 2 N–H and O–H groups in total. The van der Waals surface area contributed by atoms with E-state index in [2.05, 4.69) is 15.6 Å². The van der Waals surface area contributed by atoms with E-state index in [4.69, 9.17) is 4.74 Å². The summed E-state index contributed by atoms with van der Waals surface area (Å²) >= 11 is 1.38. The molecule has 2 aromatic carbocycles. The Hall–Kier alpha value is -3.19. The van der Waals surface area contributed by atoms with Crippen LogP contribution < -0.4 is 15.4 Å². The maximum Gasteiger partial charge on any atom is 0.264 e. The van der Waals surface area contributed by atoms with Gasteiger partial charge in [0.2, 0.25) is 5.91 Å². The molecule has 7 heteroatoms. The highest BCUT2D eigenvalue weighted by molar-refractivity contribution is 7.14. The molecule has 3 aromatic rings. The Morgan fingerprint density at radius 1 is 1.25 bits per heavy atom. The number of rotatable bonds is 5. The number of nitrogens with one attached hydrogen (secondary N) is 2. The van der Waals surface area contributed by atoms with E-state index in [-0.39, 0.29) is 18.4 Å². The summed E-state index contributed by atoms with van der Waals surface area (Å²) in [5.41, 5.74) is 4.85. The van der Waals surface area contributed by atoms with Gasteiger partial charge in [-0.05, 0) is 42.7 Å². The molecule has 0 atom stereocenters. The van der Waals surface area contributed by atoms with Crippen molar-refractivity contribution >= 4 is 34.0 Å². The van der Waals surface area contributed by atoms with Gasteiger partial charge in [-0.25, -0.2) is 4.98 Å². The fraction of sp³-hybridized carbons (Fsp3) is 0.190. The van der Waals surface area contributed by atoms with Gasteiger partial charge in [-0.3, -0.25) is 14.9 Å². The van der Waals surface area contributed by atoms with Crippen molar-refractivity contribution in [3.05, 3.63) is 59.0 Å². The number of carbonyl (C=O) groups is 2. The number of hydrogen-bond donors (Lipinski definition) is 2. The third-order valence-corrected chi connectivity index (χ3v) is 5.27. The number of fused-ring (bicyclic) bond motifs is 1. The van der Waals surface area contributed by atoms with Crippen molar-refractivity contribution in [2.45, 2.75) is 19.8 Å². The number of nitrogens with zero attached hydrogens (tertiary/aromatic N) is 1. The summed E-state index contributed by atoms with van der Waals surface area (Å²) in [7, 11) is 0. The van der Waals surface area contributed by atoms with E-state index < -0.39 is 0 Å². The van der Waals surface area contributed by atoms with E-state index in [1.54, 1.807) is 12.1 Å². The lowest BCUT2D eigenvalue weighted by atomic mass is 10.0. The second kappa shape index (κ2) is 7.82. The number of carbonyl (C=O) groups excluding carboxylic acids is 2. The van der Waals surface area contributed by atoms with Gasteiger partial charge in [0, 0.05) is 23.1 Å². The molecular formula is C21H19N3O3S. The maximum atomic E-state index is 12.2. The summed E-state index contributed by atoms with van der Waals surface area (Å²) in [6.07, 6.45) is 1.13. The molecule has 1 aliphatic heterocycles. The highest BCUT2D eigenvalue weighted by Gasteiger charge is 2.15. The largest absolute Gasteiger partial charge is 0.484 e. The first kappa shape index (κ1) is 18.2. The Morgan fingerprint density at radius 3 is 2.96 bits per heavy atom. The highest BCUT2D eigenvalue weighted by atomic mass is 32.1. The predicted molar refractivity (Wildman–Crippen MR) is 110 cm³/mol. The van der Waals surface area contributed by atoms with Crippen LogP contribution in [0.4, 0.5) is 10.8 Å². The zero-order valence-electron chi connectivity index (χ0n) is 15.3. The minimum absolute atomic E-state index is 0.0223. The van der Waals surface area contributed by atoms with E-state index >= 15 is 0 Å². The van der Waals surface area contributed by atoms with Crippen molar-refractivity contribution in [2.24, 2.45) is 0 Å². The quantitative estimate of drug-likeness (QED) is 0.686. The van der Waals surface area contributed by atoms with Crippen LogP contribution in [0.15, 0.2) is 47.8 Å². The monoisotopic (exact) mass is 393 g/mol. The number of amides is 2. The standard InChI is InChI=1S/C21H19N3O3S/c1-13-4-2-3-5-16(13)18-12-28-21(23-18)24-20(26)11-27-15-7-8-17-14(10-15)6-9-19(25)22-17/h2-5,7-8,10,12H,6,9,11H2,1H3,(H,22,25)(H,23,24,26). The van der Waals surface area contributed by atoms with Gasteiger partial charge < -0.3 is 10.1 Å². The summed E-state index contributed by atoms with van der Waals surface area (Å²) in [6, 6.07) is 13.4. The predicted octanol–water partition coefficient (Wildman–Crippen LogP) is 4.02. The van der Waals surface area contributed by atoms with Gasteiger partial charge in [0.05, 0.1) is 5.69 Å². The van der Waals surface area contributed by atoms with Crippen LogP contribution in [-0.2, 0) is 16.0 Å². The maximum absolute atomic E-state index is 12.2. The highest BCUT2D eigenvalue weighted by Crippen LogP contribution is 2.28. The van der Waals surface area contributed by atoms with Crippen molar-refractivity contribution in [1.82, 2.24) is 4.98 Å². The first-order valence-corrected chi connectivity index (χ1v) is 9.83. The lowest BCUT2D eigenvalue weighted by Gasteiger charge is -2.17. The lowest BCUT2D eigenvalue weighted by Crippen LogP contribution is -2.21. The molecule has 0 spiro atoms. The number of hydrogen-bond acceptors (Lipinski definition) is 5. The first-order valence-electron chi connectivity index (χ1n) is 8.95. The molecule has 0 bridgehead atoms. The molecule has 0 unspecified atom stereocenters. The van der Waals surface area contributed by atoms with Gasteiger partial charge >= 0.3 is 0 Å². The fourth-order valence-corrected chi connectivity index (χ4v) is 3.80. The average Bonchev–Trinajstić information content (AvgIpc) is 3.14. The molecule has 142 valence electrons. The molecule has 0 saturated heterocycles. The molecule has 28 heavy (non-hydrogen) atoms. The Labute approximate surface area is 166 Å². The van der Waals surface area contributed by atoms with Crippen LogP contribution in [0.2, 0.25) is 0 Å². The van der Waals surface area contributed by atoms with Crippen LogP contribution in [0.5, 0.6) is 5.75 Å². The molecule has 2 heterocycles. The normalized spacial score (nSPS) is 12.8. The van der Waals surface area contributed by atoms with E-state index in [1.165, 1.54) is 11.3 Å². The molecular weight excluding hydrogens is 374 g/mol. The molecule has 0 saturated carbocycles. The molecule has 1 aliphatic rings. The molecule has 2 amide bonds. The van der Waals surface area contributed by atoms with E-state index in [1.807, 2.05) is 42.6 Å². The lowest BCUT2D eigenvalue weighted by molar-refractivity contribution is -0.118. The Kier molecular flexibility index (Phi) is 5.08. The number of benzene rings is 2. The molecule has 6 nitrogen and oxygen atoms in total. The number of aryl methyl sites for hydroxylation is 2. The second-order valence-corrected chi connectivity index (χ2v) is 7.41. The fourth-order valence-electron chi connectivity index (χ4n) is 3.07. The third kappa shape index (κ3) is 4.04. The van der Waals surface area contributed by atoms with Gasteiger partial charge in [-0.15, -0.1) is 11.3 Å². The van der Waals surface area contributed by atoms with Gasteiger partial charge in [0.1, 0.15) is 5.75 Å². The SMILES string of the molecule is Cc1ccccc1-c1csc(NC(=O)COc2ccc3c(c2)CCC(=O)N3)n1. The van der Waals surface area contributed by atoms with Gasteiger partial charge in [-0.2, -0.15) is 0 Å². The van der Waals surface area contributed by atoms with E-state index in [0.29, 0.717) is 23.7 Å². The molecule has 0 aliphatic carbocycles. The Balaban J connectivity index is 1.35. The zero-order chi connectivity index (χ0) is 19.5. The number of thiazole rings is 1. The van der Waals surface area contributed by atoms with Crippen LogP contribution in [0, 0.1) is 6.92 Å². The smallest absolute Gasteiger partial charge is 0.264 e. The average molecular weight is 393 g/mol. The van der Waals surface area contributed by atoms with Crippen molar-refractivity contribution in [3.8, 4) is 17.0 Å². The molecule has 4 rings (SSSR count). The van der Waals surface area contributed by atoms with Crippen molar-refractivity contribution in [1.29, 1.82) is 0 Å². The number of aromatic nitrogens is 1. The summed E-state index contributed by atoms with van der Waals surface area (Å²) < 4.78 is 5.60. The van der Waals surface area contributed by atoms with Gasteiger partial charge in [0.25, 0.3) is 5.91 Å². The second-order valence-electron chi connectivity index (χ2n) is 6.56. The summed E-state index contributed by atoms with van der Waals surface area (Å²) in [4.78, 5) is 28.1. The van der Waals surface area contributed by atoms with Crippen LogP contribution in [-0.4, -0.2) is 23.4 Å². The van der Waals surface area contributed by atoms with Crippen molar-refractivity contribution in [2.75, 3.05) is 17.2 Å². The zero-order valence-corrected chi connectivity index (χ0v) is 16.1. The molecule has 0 fully saturated rings. The number of ether oxygens (including phenoxy) is 1. The number of anilines is 2. The molecule has 0 radical (unpaired) electrons. The van der Waals surface area contributed by atoms with E-state index in [0.717, 1.165) is 28.1 Å². The first-order chi connectivity index (χ1) is 13.6. The molecule has 1 aromatic heterocycles. The topological polar surface area (TPSA) is 80.3 Å². The van der Waals surface area contributed by atoms with Gasteiger partial charge in [-0.1, -0.05) is 24.3 Å². The van der Waals surface area contributed by atoms with Crippen LogP contribution >= 0.6 is 11.3 Å². The third-order valence-electron chi connectivity index (χ3n) is 4.51. The van der Waals surface area contributed by atoms with Crippen molar-refractivity contribution < 1.29 is 14.3 Å².